The second-order valence-electron chi connectivity index (χ2n) is 5.20. The van der Waals surface area contributed by atoms with Gasteiger partial charge in [-0.25, -0.2) is 8.78 Å². The maximum atomic E-state index is 13.5. The van der Waals surface area contributed by atoms with E-state index in [4.69, 9.17) is 5.11 Å². The van der Waals surface area contributed by atoms with E-state index < -0.39 is 29.1 Å². The highest BCUT2D eigenvalue weighted by Gasteiger charge is 2.35. The highest BCUT2D eigenvalue weighted by molar-refractivity contribution is 7.99. The Morgan fingerprint density at radius 3 is 2.60 bits per heavy atom. The molecular weight excluding hydrogens is 286 g/mol. The van der Waals surface area contributed by atoms with Crippen molar-refractivity contribution in [1.82, 2.24) is 0 Å². The van der Waals surface area contributed by atoms with Crippen LogP contribution >= 0.6 is 11.8 Å². The fourth-order valence-corrected chi connectivity index (χ4v) is 3.46. The lowest BCUT2D eigenvalue weighted by molar-refractivity contribution is -0.144. The van der Waals surface area contributed by atoms with Crippen molar-refractivity contribution in [3.05, 3.63) is 29.8 Å². The average Bonchev–Trinajstić information content (AvgIpc) is 2.40. The van der Waals surface area contributed by atoms with E-state index in [1.807, 2.05) is 0 Å². The van der Waals surface area contributed by atoms with Gasteiger partial charge in [0.05, 0.1) is 11.5 Å². The molecular formula is C14H16F2O3S. The zero-order valence-corrected chi connectivity index (χ0v) is 11.6. The van der Waals surface area contributed by atoms with Gasteiger partial charge in [-0.05, 0) is 43.9 Å². The van der Waals surface area contributed by atoms with E-state index in [0.717, 1.165) is 30.0 Å². The summed E-state index contributed by atoms with van der Waals surface area (Å²) < 4.78 is 26.5. The number of halogens is 2. The highest BCUT2D eigenvalue weighted by atomic mass is 32.2. The zero-order chi connectivity index (χ0) is 14.8. The predicted molar refractivity (Wildman–Crippen MR) is 71.6 cm³/mol. The van der Waals surface area contributed by atoms with E-state index in [9.17, 15) is 18.7 Å². The van der Waals surface area contributed by atoms with Gasteiger partial charge in [0.25, 0.3) is 0 Å². The van der Waals surface area contributed by atoms with Crippen molar-refractivity contribution < 1.29 is 23.8 Å². The minimum Gasteiger partial charge on any atom is -0.481 e. The molecule has 6 heteroatoms. The van der Waals surface area contributed by atoms with Gasteiger partial charge in [-0.1, -0.05) is 0 Å². The summed E-state index contributed by atoms with van der Waals surface area (Å²) in [4.78, 5) is 11.0. The number of rotatable bonds is 4. The fraction of sp³-hybridized carbons (Fsp3) is 0.500. The number of aliphatic carboxylic acids is 1. The summed E-state index contributed by atoms with van der Waals surface area (Å²) in [5.41, 5.74) is -1.00. The molecule has 1 fully saturated rings. The largest absolute Gasteiger partial charge is 0.481 e. The lowest BCUT2D eigenvalue weighted by Gasteiger charge is -2.34. The molecule has 3 nitrogen and oxygen atoms in total. The van der Waals surface area contributed by atoms with Crippen LogP contribution in [0.1, 0.15) is 25.7 Å². The Kier molecular flexibility index (Phi) is 4.65. The van der Waals surface area contributed by atoms with Crippen LogP contribution in [0.15, 0.2) is 23.1 Å². The monoisotopic (exact) mass is 302 g/mol. The van der Waals surface area contributed by atoms with E-state index in [-0.39, 0.29) is 10.6 Å². The van der Waals surface area contributed by atoms with E-state index in [1.165, 1.54) is 0 Å². The molecule has 0 aromatic heterocycles. The SMILES string of the molecule is O=C(O)C1CCC(O)(CSc2cc(F)ccc2F)CC1. The Hall–Kier alpha value is -1.14. The van der Waals surface area contributed by atoms with Gasteiger partial charge >= 0.3 is 5.97 Å². The third kappa shape index (κ3) is 3.70. The third-order valence-electron chi connectivity index (χ3n) is 3.66. The third-order valence-corrected chi connectivity index (χ3v) is 4.96. The molecule has 0 heterocycles. The Balaban J connectivity index is 1.94. The summed E-state index contributed by atoms with van der Waals surface area (Å²) in [6.45, 7) is 0. The number of thioether (sulfide) groups is 1. The lowest BCUT2D eigenvalue weighted by Crippen LogP contribution is -2.38. The molecule has 0 aliphatic heterocycles. The first-order chi connectivity index (χ1) is 9.39. The summed E-state index contributed by atoms with van der Waals surface area (Å²) in [7, 11) is 0. The topological polar surface area (TPSA) is 57.5 Å². The molecule has 0 bridgehead atoms. The number of hydrogen-bond acceptors (Lipinski definition) is 3. The Morgan fingerprint density at radius 2 is 2.00 bits per heavy atom. The molecule has 0 amide bonds. The number of benzene rings is 1. The van der Waals surface area contributed by atoms with Gasteiger partial charge in [0, 0.05) is 10.6 Å². The van der Waals surface area contributed by atoms with Crippen molar-refractivity contribution in [2.24, 2.45) is 5.92 Å². The minimum atomic E-state index is -1.00. The summed E-state index contributed by atoms with van der Waals surface area (Å²) in [6, 6.07) is 3.21. The van der Waals surface area contributed by atoms with Crippen LogP contribution in [-0.4, -0.2) is 27.5 Å². The second kappa shape index (κ2) is 6.10. The maximum Gasteiger partial charge on any atom is 0.306 e. The Morgan fingerprint density at radius 1 is 1.35 bits per heavy atom. The molecule has 1 saturated carbocycles. The van der Waals surface area contributed by atoms with Crippen molar-refractivity contribution in [1.29, 1.82) is 0 Å². The first-order valence-electron chi connectivity index (χ1n) is 6.43. The summed E-state index contributed by atoms with van der Waals surface area (Å²) in [5.74, 6) is -2.04. The number of aliphatic hydroxyl groups is 1. The molecule has 1 aliphatic carbocycles. The molecule has 20 heavy (non-hydrogen) atoms. The van der Waals surface area contributed by atoms with Crippen LogP contribution in [-0.2, 0) is 4.79 Å². The highest BCUT2D eigenvalue weighted by Crippen LogP contribution is 2.36. The molecule has 2 rings (SSSR count). The number of carbonyl (C=O) groups is 1. The molecule has 0 unspecified atom stereocenters. The van der Waals surface area contributed by atoms with Gasteiger partial charge < -0.3 is 10.2 Å². The van der Waals surface area contributed by atoms with Crippen LogP contribution in [0, 0.1) is 17.6 Å². The molecule has 0 atom stereocenters. The van der Waals surface area contributed by atoms with Gasteiger partial charge in [-0.3, -0.25) is 4.79 Å². The number of hydrogen-bond donors (Lipinski definition) is 2. The quantitative estimate of drug-likeness (QED) is 0.839. The van der Waals surface area contributed by atoms with E-state index in [0.29, 0.717) is 25.7 Å². The molecule has 0 spiro atoms. The van der Waals surface area contributed by atoms with Gasteiger partial charge in [0.15, 0.2) is 0 Å². The Labute approximate surface area is 120 Å². The minimum absolute atomic E-state index is 0.166. The van der Waals surface area contributed by atoms with Crippen LogP contribution in [0.3, 0.4) is 0 Å². The standard InChI is InChI=1S/C14H16F2O3S/c15-10-1-2-11(16)12(7-10)20-8-14(19)5-3-9(4-6-14)13(17)18/h1-2,7,9,19H,3-6,8H2,(H,17,18). The number of carboxylic acid groups (broad SMARTS) is 1. The summed E-state index contributed by atoms with van der Waals surface area (Å²) in [5, 5.41) is 19.3. The van der Waals surface area contributed by atoms with E-state index in [2.05, 4.69) is 0 Å². The van der Waals surface area contributed by atoms with Crippen molar-refractivity contribution in [3.63, 3.8) is 0 Å². The van der Waals surface area contributed by atoms with Crippen molar-refractivity contribution in [3.8, 4) is 0 Å². The lowest BCUT2D eigenvalue weighted by atomic mass is 9.80. The van der Waals surface area contributed by atoms with Crippen LogP contribution in [0.2, 0.25) is 0 Å². The normalized spacial score (nSPS) is 26.4. The molecule has 1 aromatic rings. The first kappa shape index (κ1) is 15.3. The number of carboxylic acids is 1. The summed E-state index contributed by atoms with van der Waals surface area (Å²) >= 11 is 1.06. The molecule has 2 N–H and O–H groups in total. The fourth-order valence-electron chi connectivity index (χ4n) is 2.35. The molecule has 0 radical (unpaired) electrons. The van der Waals surface area contributed by atoms with Gasteiger partial charge in [0.2, 0.25) is 0 Å². The predicted octanol–water partition coefficient (Wildman–Crippen LogP) is 3.06. The molecule has 110 valence electrons. The second-order valence-corrected chi connectivity index (χ2v) is 6.22. The van der Waals surface area contributed by atoms with E-state index in [1.54, 1.807) is 0 Å². The summed E-state index contributed by atoms with van der Waals surface area (Å²) in [6.07, 6.45) is 1.57. The zero-order valence-electron chi connectivity index (χ0n) is 10.8. The van der Waals surface area contributed by atoms with E-state index >= 15 is 0 Å². The Bertz CT molecular complexity index is 499. The molecule has 1 aliphatic rings. The van der Waals surface area contributed by atoms with Crippen molar-refractivity contribution >= 4 is 17.7 Å². The smallest absolute Gasteiger partial charge is 0.306 e. The van der Waals surface area contributed by atoms with Crippen LogP contribution in [0.25, 0.3) is 0 Å². The van der Waals surface area contributed by atoms with Crippen molar-refractivity contribution in [2.45, 2.75) is 36.2 Å². The molecule has 0 saturated heterocycles. The first-order valence-corrected chi connectivity index (χ1v) is 7.41. The van der Waals surface area contributed by atoms with Gasteiger partial charge in [0.1, 0.15) is 11.6 Å². The van der Waals surface area contributed by atoms with Gasteiger partial charge in [-0.15, -0.1) is 11.8 Å². The molecule has 1 aromatic carbocycles. The van der Waals surface area contributed by atoms with Crippen molar-refractivity contribution in [2.75, 3.05) is 5.75 Å². The average molecular weight is 302 g/mol. The van der Waals surface area contributed by atoms with Crippen LogP contribution in [0.5, 0.6) is 0 Å². The van der Waals surface area contributed by atoms with Crippen LogP contribution in [0.4, 0.5) is 8.78 Å². The van der Waals surface area contributed by atoms with Gasteiger partial charge in [-0.2, -0.15) is 0 Å². The maximum absolute atomic E-state index is 13.5. The van der Waals surface area contributed by atoms with Crippen LogP contribution < -0.4 is 0 Å².